The molecule has 0 saturated heterocycles. The highest BCUT2D eigenvalue weighted by Gasteiger charge is 2.21. The molecule has 1 N–H and O–H groups in total. The largest absolute Gasteiger partial charge is 0.478 e. The Bertz CT molecular complexity index is 365. The van der Waals surface area contributed by atoms with Crippen LogP contribution in [0.3, 0.4) is 0 Å². The number of allylic oxidation sites excluding steroid dienone is 1. The third-order valence-electron chi connectivity index (χ3n) is 2.85. The van der Waals surface area contributed by atoms with Crippen molar-refractivity contribution in [3.05, 3.63) is 34.0 Å². The first-order chi connectivity index (χ1) is 7.27. The molecular weight excluding hydrogens is 208 g/mol. The smallest absolute Gasteiger partial charge is 0.328 e. The van der Waals surface area contributed by atoms with Gasteiger partial charge in [-0.15, -0.1) is 11.3 Å². The first-order valence-electron chi connectivity index (χ1n) is 5.24. The fourth-order valence-electron chi connectivity index (χ4n) is 2.18. The van der Waals surface area contributed by atoms with E-state index in [-0.39, 0.29) is 0 Å². The SMILES string of the molecule is O=C(O)/C=C1\CCCCC1c1cccs1. The molecule has 1 saturated carbocycles. The zero-order valence-electron chi connectivity index (χ0n) is 8.48. The van der Waals surface area contributed by atoms with Crippen LogP contribution >= 0.6 is 11.3 Å². The van der Waals surface area contributed by atoms with Gasteiger partial charge in [-0.05, 0) is 30.7 Å². The standard InChI is InChI=1S/C12H14O2S/c13-12(14)8-9-4-1-2-5-10(9)11-6-3-7-15-11/h3,6-8,10H,1-2,4-5H2,(H,13,14)/b9-8+. The lowest BCUT2D eigenvalue weighted by molar-refractivity contribution is -0.131. The van der Waals surface area contributed by atoms with Gasteiger partial charge in [0.05, 0.1) is 0 Å². The number of thiophene rings is 1. The number of aliphatic carboxylic acids is 1. The van der Waals surface area contributed by atoms with Gasteiger partial charge in [0.1, 0.15) is 0 Å². The number of hydrogen-bond acceptors (Lipinski definition) is 2. The van der Waals surface area contributed by atoms with Crippen LogP contribution in [-0.4, -0.2) is 11.1 Å². The summed E-state index contributed by atoms with van der Waals surface area (Å²) < 4.78 is 0. The molecule has 1 fully saturated rings. The van der Waals surface area contributed by atoms with Crippen LogP contribution in [0.25, 0.3) is 0 Å². The molecule has 0 aromatic carbocycles. The van der Waals surface area contributed by atoms with Crippen LogP contribution < -0.4 is 0 Å². The molecule has 3 heteroatoms. The number of carbonyl (C=O) groups is 1. The van der Waals surface area contributed by atoms with E-state index in [1.807, 2.05) is 6.07 Å². The highest BCUT2D eigenvalue weighted by molar-refractivity contribution is 7.10. The van der Waals surface area contributed by atoms with E-state index >= 15 is 0 Å². The third kappa shape index (κ3) is 2.48. The van der Waals surface area contributed by atoms with Crippen molar-refractivity contribution in [3.8, 4) is 0 Å². The van der Waals surface area contributed by atoms with Gasteiger partial charge in [-0.2, -0.15) is 0 Å². The summed E-state index contributed by atoms with van der Waals surface area (Å²) in [6.07, 6.45) is 5.78. The monoisotopic (exact) mass is 222 g/mol. The van der Waals surface area contributed by atoms with E-state index in [1.165, 1.54) is 17.4 Å². The molecule has 1 atom stereocenters. The quantitative estimate of drug-likeness (QED) is 0.778. The first kappa shape index (κ1) is 10.4. The normalized spacial score (nSPS) is 24.3. The Morgan fingerprint density at radius 1 is 1.53 bits per heavy atom. The molecule has 0 bridgehead atoms. The Morgan fingerprint density at radius 2 is 2.40 bits per heavy atom. The van der Waals surface area contributed by atoms with E-state index in [4.69, 9.17) is 5.11 Å². The number of rotatable bonds is 2. The molecule has 1 aliphatic rings. The molecule has 2 rings (SSSR count). The van der Waals surface area contributed by atoms with Crippen LogP contribution in [-0.2, 0) is 4.79 Å². The van der Waals surface area contributed by atoms with Gasteiger partial charge in [-0.1, -0.05) is 18.1 Å². The fraction of sp³-hybridized carbons (Fsp3) is 0.417. The molecule has 80 valence electrons. The molecule has 0 spiro atoms. The molecule has 0 amide bonds. The topological polar surface area (TPSA) is 37.3 Å². The van der Waals surface area contributed by atoms with Crippen LogP contribution in [0.5, 0.6) is 0 Å². The summed E-state index contributed by atoms with van der Waals surface area (Å²) in [7, 11) is 0. The van der Waals surface area contributed by atoms with Crippen molar-refractivity contribution in [1.29, 1.82) is 0 Å². The van der Waals surface area contributed by atoms with Crippen molar-refractivity contribution < 1.29 is 9.90 Å². The molecule has 1 heterocycles. The average Bonchev–Trinajstić information content (AvgIpc) is 2.70. The van der Waals surface area contributed by atoms with E-state index in [0.717, 1.165) is 24.8 Å². The molecule has 1 aromatic heterocycles. The average molecular weight is 222 g/mol. The number of hydrogen-bond donors (Lipinski definition) is 1. The second-order valence-corrected chi connectivity index (χ2v) is 4.85. The maximum atomic E-state index is 10.7. The van der Waals surface area contributed by atoms with Crippen LogP contribution in [0.1, 0.15) is 36.5 Å². The first-order valence-corrected chi connectivity index (χ1v) is 6.12. The number of carboxylic acids is 1. The molecular formula is C12H14O2S. The zero-order chi connectivity index (χ0) is 10.7. The predicted octanol–water partition coefficient (Wildman–Crippen LogP) is 3.42. The van der Waals surface area contributed by atoms with Gasteiger partial charge in [-0.25, -0.2) is 4.79 Å². The molecule has 1 aliphatic carbocycles. The van der Waals surface area contributed by atoms with E-state index in [0.29, 0.717) is 5.92 Å². The van der Waals surface area contributed by atoms with Crippen LogP contribution in [0.2, 0.25) is 0 Å². The van der Waals surface area contributed by atoms with Crippen molar-refractivity contribution in [2.45, 2.75) is 31.6 Å². The summed E-state index contributed by atoms with van der Waals surface area (Å²) in [5, 5.41) is 10.9. The summed E-state index contributed by atoms with van der Waals surface area (Å²) in [4.78, 5) is 12.0. The van der Waals surface area contributed by atoms with Crippen molar-refractivity contribution in [2.24, 2.45) is 0 Å². The number of carboxylic acid groups (broad SMARTS) is 1. The van der Waals surface area contributed by atoms with Gasteiger partial charge in [-0.3, -0.25) is 0 Å². The Hall–Kier alpha value is -1.09. The maximum Gasteiger partial charge on any atom is 0.328 e. The van der Waals surface area contributed by atoms with Crippen molar-refractivity contribution in [3.63, 3.8) is 0 Å². The second kappa shape index (κ2) is 4.62. The highest BCUT2D eigenvalue weighted by Crippen LogP contribution is 2.38. The van der Waals surface area contributed by atoms with Crippen LogP contribution in [0.4, 0.5) is 0 Å². The van der Waals surface area contributed by atoms with Gasteiger partial charge >= 0.3 is 5.97 Å². The van der Waals surface area contributed by atoms with Crippen molar-refractivity contribution in [2.75, 3.05) is 0 Å². The Balaban J connectivity index is 2.24. The van der Waals surface area contributed by atoms with Gasteiger partial charge in [0.25, 0.3) is 0 Å². The summed E-state index contributed by atoms with van der Waals surface area (Å²) in [6.45, 7) is 0. The molecule has 0 radical (unpaired) electrons. The van der Waals surface area contributed by atoms with Gasteiger partial charge < -0.3 is 5.11 Å². The summed E-state index contributed by atoms with van der Waals surface area (Å²) in [5.41, 5.74) is 1.09. The summed E-state index contributed by atoms with van der Waals surface area (Å²) >= 11 is 1.73. The minimum atomic E-state index is -0.812. The molecule has 15 heavy (non-hydrogen) atoms. The lowest BCUT2D eigenvalue weighted by Gasteiger charge is -2.24. The predicted molar refractivity (Wildman–Crippen MR) is 61.2 cm³/mol. The molecule has 1 unspecified atom stereocenters. The van der Waals surface area contributed by atoms with Crippen molar-refractivity contribution >= 4 is 17.3 Å². The fourth-order valence-corrected chi connectivity index (χ4v) is 3.09. The summed E-state index contributed by atoms with van der Waals surface area (Å²) in [5.74, 6) is -0.455. The molecule has 1 aromatic rings. The van der Waals surface area contributed by atoms with E-state index in [2.05, 4.69) is 11.4 Å². The lowest BCUT2D eigenvalue weighted by Crippen LogP contribution is -2.08. The van der Waals surface area contributed by atoms with Gasteiger partial charge in [0, 0.05) is 16.9 Å². The van der Waals surface area contributed by atoms with Gasteiger partial charge in [0.2, 0.25) is 0 Å². The van der Waals surface area contributed by atoms with Gasteiger partial charge in [0.15, 0.2) is 0 Å². The molecule has 2 nitrogen and oxygen atoms in total. The van der Waals surface area contributed by atoms with Crippen LogP contribution in [0, 0.1) is 0 Å². The third-order valence-corrected chi connectivity index (χ3v) is 3.84. The van der Waals surface area contributed by atoms with E-state index < -0.39 is 5.97 Å². The molecule has 0 aliphatic heterocycles. The summed E-state index contributed by atoms with van der Waals surface area (Å²) in [6, 6.07) is 4.14. The highest BCUT2D eigenvalue weighted by atomic mass is 32.1. The Morgan fingerprint density at radius 3 is 3.07 bits per heavy atom. The second-order valence-electron chi connectivity index (χ2n) is 3.87. The Labute approximate surface area is 93.3 Å². The maximum absolute atomic E-state index is 10.7. The minimum Gasteiger partial charge on any atom is -0.478 e. The minimum absolute atomic E-state index is 0.356. The lowest BCUT2D eigenvalue weighted by atomic mass is 9.83. The van der Waals surface area contributed by atoms with Crippen molar-refractivity contribution in [1.82, 2.24) is 0 Å². The van der Waals surface area contributed by atoms with E-state index in [1.54, 1.807) is 11.3 Å². The van der Waals surface area contributed by atoms with Crippen LogP contribution in [0.15, 0.2) is 29.2 Å². The Kier molecular flexibility index (Phi) is 3.21. The van der Waals surface area contributed by atoms with E-state index in [9.17, 15) is 4.79 Å². The zero-order valence-corrected chi connectivity index (χ0v) is 9.30.